The van der Waals surface area contributed by atoms with Gasteiger partial charge >= 0.3 is 0 Å². The van der Waals surface area contributed by atoms with Gasteiger partial charge in [-0.2, -0.15) is 0 Å². The minimum atomic E-state index is -0.591. The fourth-order valence-corrected chi connectivity index (χ4v) is 3.30. The number of ether oxygens (including phenoxy) is 1. The first kappa shape index (κ1) is 18.5. The quantitative estimate of drug-likeness (QED) is 0.762. The van der Waals surface area contributed by atoms with E-state index >= 15 is 0 Å². The number of likely N-dealkylation sites (tertiary alicyclic amines) is 1. The second-order valence-electron chi connectivity index (χ2n) is 6.64. The summed E-state index contributed by atoms with van der Waals surface area (Å²) >= 11 is 0. The smallest absolute Gasteiger partial charge is 0.270 e. The molecule has 2 amide bonds. The van der Waals surface area contributed by atoms with E-state index in [4.69, 9.17) is 4.74 Å². The fraction of sp³-hybridized carbons (Fsp3) is 0.526. The summed E-state index contributed by atoms with van der Waals surface area (Å²) in [5.74, 6) is -0.253. The summed E-state index contributed by atoms with van der Waals surface area (Å²) < 4.78 is 5.83. The molecular weight excluding hydrogens is 334 g/mol. The van der Waals surface area contributed by atoms with Gasteiger partial charge in [0.2, 0.25) is 5.91 Å². The van der Waals surface area contributed by atoms with Crippen LogP contribution in [0.3, 0.4) is 0 Å². The normalized spacial score (nSPS) is 25.7. The summed E-state index contributed by atoms with van der Waals surface area (Å²) in [6, 6.07) is 4.63. The number of carbonyl (C=O) groups excluding carboxylic acids is 2. The third kappa shape index (κ3) is 4.68. The zero-order valence-electron chi connectivity index (χ0n) is 14.7. The number of hydrogen-bond donors (Lipinski definition) is 2. The summed E-state index contributed by atoms with van der Waals surface area (Å²) in [5.41, 5.74) is 0.306. The van der Waals surface area contributed by atoms with Gasteiger partial charge in [-0.15, -0.1) is 0 Å². The predicted octanol–water partition coefficient (Wildman–Crippen LogP) is 0.898. The molecule has 140 valence electrons. The zero-order valence-corrected chi connectivity index (χ0v) is 14.7. The van der Waals surface area contributed by atoms with Crippen LogP contribution in [0.25, 0.3) is 0 Å². The van der Waals surface area contributed by atoms with E-state index in [2.05, 4.69) is 10.3 Å². The highest BCUT2D eigenvalue weighted by atomic mass is 16.5. The lowest BCUT2D eigenvalue weighted by Gasteiger charge is -2.33. The van der Waals surface area contributed by atoms with E-state index < -0.39 is 12.1 Å². The van der Waals surface area contributed by atoms with Crippen molar-refractivity contribution in [2.45, 2.75) is 43.9 Å². The standard InChI is InChI=1S/C19H25N3O4/c23-13-17-15(21-19(25)16-6-2-3-9-20-16)8-7-14(26-17)12-18(24)22-10-4-1-5-11-22/h2-3,6-9,14-15,17,23H,1,4-5,10-13H2,(H,21,25)/t14-,15+,17+/m0/s1. The van der Waals surface area contributed by atoms with E-state index in [1.807, 2.05) is 4.90 Å². The second kappa shape index (κ2) is 8.91. The molecule has 1 aromatic heterocycles. The Hall–Kier alpha value is -2.25. The third-order valence-corrected chi connectivity index (χ3v) is 4.74. The number of rotatable bonds is 5. The maximum absolute atomic E-state index is 12.4. The Morgan fingerprint density at radius 3 is 2.73 bits per heavy atom. The first-order valence-corrected chi connectivity index (χ1v) is 9.11. The van der Waals surface area contributed by atoms with Crippen molar-refractivity contribution in [3.63, 3.8) is 0 Å². The molecule has 3 heterocycles. The molecule has 2 N–H and O–H groups in total. The Morgan fingerprint density at radius 1 is 1.23 bits per heavy atom. The van der Waals surface area contributed by atoms with Crippen molar-refractivity contribution in [3.05, 3.63) is 42.2 Å². The first-order valence-electron chi connectivity index (χ1n) is 9.11. The Labute approximate surface area is 153 Å². The average molecular weight is 359 g/mol. The minimum Gasteiger partial charge on any atom is -0.394 e. The van der Waals surface area contributed by atoms with Crippen molar-refractivity contribution in [1.29, 1.82) is 0 Å². The Morgan fingerprint density at radius 2 is 2.04 bits per heavy atom. The highest BCUT2D eigenvalue weighted by molar-refractivity contribution is 5.92. The highest BCUT2D eigenvalue weighted by Crippen LogP contribution is 2.18. The molecule has 2 aliphatic heterocycles. The number of nitrogens with zero attached hydrogens (tertiary/aromatic N) is 2. The van der Waals surface area contributed by atoms with E-state index in [9.17, 15) is 14.7 Å². The lowest BCUT2D eigenvalue weighted by atomic mass is 10.0. The minimum absolute atomic E-state index is 0.0759. The topological polar surface area (TPSA) is 91.8 Å². The number of aliphatic hydroxyl groups excluding tert-OH is 1. The Balaban J connectivity index is 1.57. The fourth-order valence-electron chi connectivity index (χ4n) is 3.30. The summed E-state index contributed by atoms with van der Waals surface area (Å²) in [5, 5.41) is 12.4. The van der Waals surface area contributed by atoms with Crippen molar-refractivity contribution in [2.75, 3.05) is 19.7 Å². The van der Waals surface area contributed by atoms with Crippen LogP contribution in [0.4, 0.5) is 0 Å². The lowest BCUT2D eigenvalue weighted by molar-refractivity contribution is -0.136. The summed E-state index contributed by atoms with van der Waals surface area (Å²) in [4.78, 5) is 30.5. The van der Waals surface area contributed by atoms with E-state index in [-0.39, 0.29) is 30.9 Å². The van der Waals surface area contributed by atoms with Crippen molar-refractivity contribution < 1.29 is 19.4 Å². The highest BCUT2D eigenvalue weighted by Gasteiger charge is 2.30. The molecule has 0 aliphatic carbocycles. The number of amides is 2. The van der Waals surface area contributed by atoms with Gasteiger partial charge in [-0.3, -0.25) is 14.6 Å². The maximum Gasteiger partial charge on any atom is 0.270 e. The van der Waals surface area contributed by atoms with Gasteiger partial charge in [0.1, 0.15) is 11.8 Å². The van der Waals surface area contributed by atoms with Gasteiger partial charge in [-0.05, 0) is 31.4 Å². The molecule has 2 aliphatic rings. The van der Waals surface area contributed by atoms with E-state index in [0.29, 0.717) is 5.69 Å². The number of pyridine rings is 1. The molecule has 1 saturated heterocycles. The summed E-state index contributed by atoms with van der Waals surface area (Å²) in [6.45, 7) is 1.37. The molecule has 1 fully saturated rings. The molecule has 3 atom stereocenters. The van der Waals surface area contributed by atoms with Crippen LogP contribution in [0.1, 0.15) is 36.2 Å². The number of hydrogen-bond acceptors (Lipinski definition) is 5. The van der Waals surface area contributed by atoms with Gasteiger partial charge < -0.3 is 20.1 Å². The number of aliphatic hydroxyl groups is 1. The molecule has 26 heavy (non-hydrogen) atoms. The number of nitrogens with one attached hydrogen (secondary N) is 1. The number of carbonyl (C=O) groups is 2. The van der Waals surface area contributed by atoms with Gasteiger partial charge in [0.15, 0.2) is 0 Å². The predicted molar refractivity (Wildman–Crippen MR) is 95.4 cm³/mol. The van der Waals surface area contributed by atoms with Crippen molar-refractivity contribution in [1.82, 2.24) is 15.2 Å². The van der Waals surface area contributed by atoms with Crippen molar-refractivity contribution in [2.24, 2.45) is 0 Å². The monoisotopic (exact) mass is 359 g/mol. The molecule has 0 bridgehead atoms. The number of aromatic nitrogens is 1. The summed E-state index contributed by atoms with van der Waals surface area (Å²) in [7, 11) is 0. The molecule has 3 rings (SSSR count). The van der Waals surface area contributed by atoms with Crippen LogP contribution in [0.15, 0.2) is 36.5 Å². The SMILES string of the molecule is O=C(N[C@@H]1C=C[C@@H](CC(=O)N2CCCCC2)O[C@@H]1CO)c1ccccn1. The molecule has 7 nitrogen and oxygen atoms in total. The van der Waals surface area contributed by atoms with E-state index in [1.54, 1.807) is 36.5 Å². The largest absolute Gasteiger partial charge is 0.394 e. The summed E-state index contributed by atoms with van der Waals surface area (Å²) in [6.07, 6.45) is 7.69. The van der Waals surface area contributed by atoms with Crippen LogP contribution in [-0.4, -0.2) is 64.8 Å². The van der Waals surface area contributed by atoms with E-state index in [1.165, 1.54) is 6.42 Å². The third-order valence-electron chi connectivity index (χ3n) is 4.74. The van der Waals surface area contributed by atoms with Crippen LogP contribution in [0.5, 0.6) is 0 Å². The number of piperidine rings is 1. The second-order valence-corrected chi connectivity index (χ2v) is 6.64. The first-order chi connectivity index (χ1) is 12.7. The van der Waals surface area contributed by atoms with Crippen LogP contribution in [0, 0.1) is 0 Å². The van der Waals surface area contributed by atoms with Crippen LogP contribution in [-0.2, 0) is 9.53 Å². The Kier molecular flexibility index (Phi) is 6.35. The van der Waals surface area contributed by atoms with E-state index in [0.717, 1.165) is 25.9 Å². The van der Waals surface area contributed by atoms with Crippen molar-refractivity contribution >= 4 is 11.8 Å². The Bertz CT molecular complexity index is 643. The van der Waals surface area contributed by atoms with Crippen LogP contribution < -0.4 is 5.32 Å². The molecule has 0 saturated carbocycles. The van der Waals surface area contributed by atoms with Gasteiger partial charge in [-0.1, -0.05) is 18.2 Å². The van der Waals surface area contributed by atoms with Gasteiger partial charge in [-0.25, -0.2) is 0 Å². The molecule has 7 heteroatoms. The maximum atomic E-state index is 12.4. The van der Waals surface area contributed by atoms with Gasteiger partial charge in [0.05, 0.1) is 25.2 Å². The molecule has 1 aromatic rings. The van der Waals surface area contributed by atoms with Crippen LogP contribution in [0.2, 0.25) is 0 Å². The molecule has 0 radical (unpaired) electrons. The molecule has 0 spiro atoms. The zero-order chi connectivity index (χ0) is 18.4. The molecule has 0 unspecified atom stereocenters. The lowest BCUT2D eigenvalue weighted by Crippen LogP contribution is -2.49. The average Bonchev–Trinajstić information content (AvgIpc) is 2.70. The van der Waals surface area contributed by atoms with Gasteiger partial charge in [0.25, 0.3) is 5.91 Å². The molecule has 0 aromatic carbocycles. The van der Waals surface area contributed by atoms with Crippen LogP contribution >= 0.6 is 0 Å². The molecular formula is C19H25N3O4. The van der Waals surface area contributed by atoms with Crippen molar-refractivity contribution in [3.8, 4) is 0 Å². The van der Waals surface area contributed by atoms with Gasteiger partial charge in [0, 0.05) is 19.3 Å².